The first-order valence-electron chi connectivity index (χ1n) is 6.91. The highest BCUT2D eigenvalue weighted by atomic mass is 32.2. The van der Waals surface area contributed by atoms with Crippen molar-refractivity contribution in [3.63, 3.8) is 0 Å². The smallest absolute Gasteiger partial charge is 0.0671 e. The first kappa shape index (κ1) is 13.5. The minimum absolute atomic E-state index is 0.271. The van der Waals surface area contributed by atoms with E-state index in [4.69, 9.17) is 0 Å². The van der Waals surface area contributed by atoms with Crippen LogP contribution < -0.4 is 0 Å². The lowest BCUT2D eigenvalue weighted by atomic mass is 9.78. The van der Waals surface area contributed by atoms with E-state index in [0.717, 1.165) is 38.5 Å². The van der Waals surface area contributed by atoms with Gasteiger partial charge in [0.15, 0.2) is 0 Å². The highest BCUT2D eigenvalue weighted by molar-refractivity contribution is 7.86. The number of hydrogen-bond acceptors (Lipinski definition) is 2. The SMILES string of the molecule is CC(C)(C)CCC1(O)CC2CCCC(C1)S2=O. The fourth-order valence-electron chi connectivity index (χ4n) is 3.19. The van der Waals surface area contributed by atoms with Crippen LogP contribution in [0.2, 0.25) is 0 Å². The molecule has 0 spiro atoms. The zero-order chi connectivity index (χ0) is 12.7. The molecule has 2 bridgehead atoms. The van der Waals surface area contributed by atoms with E-state index < -0.39 is 16.4 Å². The summed E-state index contributed by atoms with van der Waals surface area (Å²) in [5.74, 6) is 0. The van der Waals surface area contributed by atoms with Crippen LogP contribution in [0.25, 0.3) is 0 Å². The Balaban J connectivity index is 2.00. The molecule has 2 heterocycles. The molecular formula is C14H26O2S. The topological polar surface area (TPSA) is 37.3 Å². The molecule has 1 N–H and O–H groups in total. The van der Waals surface area contributed by atoms with Crippen molar-refractivity contribution in [1.29, 1.82) is 0 Å². The molecule has 2 atom stereocenters. The molecule has 0 aromatic carbocycles. The molecule has 0 radical (unpaired) electrons. The quantitative estimate of drug-likeness (QED) is 0.826. The molecule has 2 aliphatic rings. The molecule has 2 rings (SSSR count). The molecule has 2 nitrogen and oxygen atoms in total. The van der Waals surface area contributed by atoms with Gasteiger partial charge in [-0.05, 0) is 43.9 Å². The zero-order valence-corrected chi connectivity index (χ0v) is 12.2. The number of hydrogen-bond donors (Lipinski definition) is 1. The summed E-state index contributed by atoms with van der Waals surface area (Å²) in [7, 11) is -0.667. The molecule has 0 amide bonds. The molecule has 2 unspecified atom stereocenters. The molecule has 0 aliphatic carbocycles. The van der Waals surface area contributed by atoms with Crippen LogP contribution >= 0.6 is 0 Å². The normalized spacial score (nSPS) is 42.5. The van der Waals surface area contributed by atoms with Crippen LogP contribution in [-0.4, -0.2) is 25.4 Å². The summed E-state index contributed by atoms with van der Waals surface area (Å²) in [6.07, 6.45) is 6.78. The van der Waals surface area contributed by atoms with Crippen molar-refractivity contribution < 1.29 is 9.32 Å². The highest BCUT2D eigenvalue weighted by Gasteiger charge is 2.45. The Bertz CT molecular complexity index is 290. The average Bonchev–Trinajstić information content (AvgIpc) is 2.17. The molecule has 0 aromatic heterocycles. The van der Waals surface area contributed by atoms with Gasteiger partial charge >= 0.3 is 0 Å². The summed E-state index contributed by atoms with van der Waals surface area (Å²) in [5.41, 5.74) is -0.252. The second-order valence-electron chi connectivity index (χ2n) is 7.20. The Morgan fingerprint density at radius 1 is 1.24 bits per heavy atom. The largest absolute Gasteiger partial charge is 0.390 e. The van der Waals surface area contributed by atoms with E-state index in [1.807, 2.05) is 0 Å². The highest BCUT2D eigenvalue weighted by Crippen LogP contribution is 2.42. The van der Waals surface area contributed by atoms with Gasteiger partial charge in [0.2, 0.25) is 0 Å². The molecule has 100 valence electrons. The molecule has 17 heavy (non-hydrogen) atoms. The first-order chi connectivity index (χ1) is 7.79. The van der Waals surface area contributed by atoms with Crippen LogP contribution in [0.5, 0.6) is 0 Å². The van der Waals surface area contributed by atoms with Crippen LogP contribution in [0, 0.1) is 5.41 Å². The van der Waals surface area contributed by atoms with Crippen molar-refractivity contribution in [3.8, 4) is 0 Å². The van der Waals surface area contributed by atoms with Crippen molar-refractivity contribution in [2.75, 3.05) is 0 Å². The molecule has 2 saturated heterocycles. The van der Waals surface area contributed by atoms with Gasteiger partial charge in [-0.15, -0.1) is 0 Å². The number of fused-ring (bicyclic) bond motifs is 2. The van der Waals surface area contributed by atoms with E-state index in [2.05, 4.69) is 20.8 Å². The minimum Gasteiger partial charge on any atom is -0.390 e. The average molecular weight is 258 g/mol. The monoisotopic (exact) mass is 258 g/mol. The number of aliphatic hydroxyl groups is 1. The maximum absolute atomic E-state index is 12.1. The van der Waals surface area contributed by atoms with Gasteiger partial charge in [0.05, 0.1) is 5.60 Å². The summed E-state index contributed by atoms with van der Waals surface area (Å²) in [6, 6.07) is 0. The van der Waals surface area contributed by atoms with Crippen LogP contribution in [0.1, 0.15) is 65.7 Å². The summed E-state index contributed by atoms with van der Waals surface area (Å²) >= 11 is 0. The molecule has 0 aromatic rings. The maximum Gasteiger partial charge on any atom is 0.0671 e. The predicted molar refractivity (Wildman–Crippen MR) is 72.4 cm³/mol. The summed E-state index contributed by atoms with van der Waals surface area (Å²) in [5, 5.41) is 11.3. The lowest BCUT2D eigenvalue weighted by molar-refractivity contribution is -0.00573. The molecule has 2 fully saturated rings. The molecule has 0 saturated carbocycles. The van der Waals surface area contributed by atoms with E-state index in [-0.39, 0.29) is 15.9 Å². The van der Waals surface area contributed by atoms with Gasteiger partial charge in [0.1, 0.15) is 0 Å². The summed E-state index contributed by atoms with van der Waals surface area (Å²) in [4.78, 5) is 0. The van der Waals surface area contributed by atoms with Crippen LogP contribution in [0.3, 0.4) is 0 Å². The predicted octanol–water partition coefficient (Wildman–Crippen LogP) is 3.01. The van der Waals surface area contributed by atoms with Crippen molar-refractivity contribution >= 4 is 10.8 Å². The lowest BCUT2D eigenvalue weighted by Gasteiger charge is -2.44. The Morgan fingerprint density at radius 2 is 1.76 bits per heavy atom. The van der Waals surface area contributed by atoms with Gasteiger partial charge in [-0.2, -0.15) is 0 Å². The zero-order valence-electron chi connectivity index (χ0n) is 11.4. The van der Waals surface area contributed by atoms with Crippen molar-refractivity contribution in [2.45, 2.75) is 81.8 Å². The lowest BCUT2D eigenvalue weighted by Crippen LogP contribution is -2.49. The summed E-state index contributed by atoms with van der Waals surface area (Å²) in [6.45, 7) is 6.66. The third kappa shape index (κ3) is 3.31. The minimum atomic E-state index is -0.667. The standard InChI is InChI=1S/C14H26O2S/c1-13(2,3)7-8-14(15)9-11-5-4-6-12(10-14)17(11)16/h11-12,15H,4-10H2,1-3H3. The van der Waals surface area contributed by atoms with Crippen molar-refractivity contribution in [1.82, 2.24) is 0 Å². The molecular weight excluding hydrogens is 232 g/mol. The van der Waals surface area contributed by atoms with Crippen LogP contribution in [0.4, 0.5) is 0 Å². The van der Waals surface area contributed by atoms with E-state index in [0.29, 0.717) is 0 Å². The van der Waals surface area contributed by atoms with Crippen LogP contribution in [-0.2, 0) is 10.8 Å². The molecule has 2 aliphatic heterocycles. The fraction of sp³-hybridized carbons (Fsp3) is 1.00. The third-order valence-electron chi connectivity index (χ3n) is 4.26. The fourth-order valence-corrected chi connectivity index (χ4v) is 5.48. The third-order valence-corrected chi connectivity index (χ3v) is 6.38. The van der Waals surface area contributed by atoms with Gasteiger partial charge < -0.3 is 5.11 Å². The summed E-state index contributed by atoms with van der Waals surface area (Å²) < 4.78 is 12.1. The Hall–Kier alpha value is 0.110. The Morgan fingerprint density at radius 3 is 2.24 bits per heavy atom. The van der Waals surface area contributed by atoms with Gasteiger partial charge in [0, 0.05) is 21.3 Å². The van der Waals surface area contributed by atoms with E-state index in [1.54, 1.807) is 0 Å². The van der Waals surface area contributed by atoms with Gasteiger partial charge in [-0.1, -0.05) is 27.2 Å². The van der Waals surface area contributed by atoms with Crippen molar-refractivity contribution in [2.24, 2.45) is 5.41 Å². The van der Waals surface area contributed by atoms with Crippen molar-refractivity contribution in [3.05, 3.63) is 0 Å². The number of rotatable bonds is 2. The van der Waals surface area contributed by atoms with Gasteiger partial charge in [0.25, 0.3) is 0 Å². The second-order valence-corrected chi connectivity index (χ2v) is 9.19. The first-order valence-corrected chi connectivity index (χ1v) is 8.19. The van der Waals surface area contributed by atoms with Gasteiger partial charge in [-0.25, -0.2) is 0 Å². The molecule has 3 heteroatoms. The van der Waals surface area contributed by atoms with Crippen LogP contribution in [0.15, 0.2) is 0 Å². The Kier molecular flexibility index (Phi) is 3.71. The second kappa shape index (κ2) is 4.65. The van der Waals surface area contributed by atoms with Gasteiger partial charge in [-0.3, -0.25) is 4.21 Å². The van der Waals surface area contributed by atoms with E-state index in [1.165, 1.54) is 6.42 Å². The van der Waals surface area contributed by atoms with E-state index in [9.17, 15) is 9.32 Å². The Labute approximate surface area is 108 Å². The maximum atomic E-state index is 12.1. The van der Waals surface area contributed by atoms with E-state index >= 15 is 0 Å².